The molecule has 1 N–H and O–H groups in total. The molecule has 166 valence electrons. The van der Waals surface area contributed by atoms with Crippen molar-refractivity contribution in [1.82, 2.24) is 9.62 Å². The molecule has 2 heterocycles. The van der Waals surface area contributed by atoms with Gasteiger partial charge in [-0.3, -0.25) is 4.79 Å². The highest BCUT2D eigenvalue weighted by Gasteiger charge is 2.36. The summed E-state index contributed by atoms with van der Waals surface area (Å²) < 4.78 is 58.9. The van der Waals surface area contributed by atoms with Gasteiger partial charge in [0.2, 0.25) is 21.9 Å². The van der Waals surface area contributed by atoms with Crippen LogP contribution in [0.2, 0.25) is 0 Å². The Bertz CT molecular complexity index is 1080. The van der Waals surface area contributed by atoms with Gasteiger partial charge in [0.15, 0.2) is 0 Å². The number of hydrogen-bond acceptors (Lipinski definition) is 4. The standard InChI is InChI=1S/C22H24F2N2O4S/c23-14-31(28,29)25-19-5-2-9-26-20(19)12-15-3-1-4-16(11-15)18-13-17(24)6-7-21(18)30-10-8-22(26)27/h1,3-4,6-7,11,13,19-20,25H,2,5,8-10,12,14H2/t19-,20-/m0/s1. The van der Waals surface area contributed by atoms with Crippen molar-refractivity contribution in [2.75, 3.05) is 19.2 Å². The van der Waals surface area contributed by atoms with Gasteiger partial charge in [0.25, 0.3) is 0 Å². The molecular formula is C22H24F2N2O4S. The van der Waals surface area contributed by atoms with Crippen LogP contribution in [0.1, 0.15) is 24.8 Å². The number of carbonyl (C=O) groups excluding carboxylic acids is 1. The van der Waals surface area contributed by atoms with Crippen LogP contribution < -0.4 is 9.46 Å². The summed E-state index contributed by atoms with van der Waals surface area (Å²) >= 11 is 0. The van der Waals surface area contributed by atoms with Crippen molar-refractivity contribution in [3.63, 3.8) is 0 Å². The summed E-state index contributed by atoms with van der Waals surface area (Å²) in [5, 5.41) is 0. The van der Waals surface area contributed by atoms with Gasteiger partial charge in [-0.05, 0) is 48.6 Å². The Hall–Kier alpha value is -2.52. The first-order valence-electron chi connectivity index (χ1n) is 10.2. The molecule has 0 unspecified atom stereocenters. The summed E-state index contributed by atoms with van der Waals surface area (Å²) in [7, 11) is -4.07. The predicted molar refractivity (Wildman–Crippen MR) is 112 cm³/mol. The van der Waals surface area contributed by atoms with E-state index in [0.29, 0.717) is 37.1 Å². The third-order valence-electron chi connectivity index (χ3n) is 5.77. The Kier molecular flexibility index (Phi) is 6.24. The van der Waals surface area contributed by atoms with Gasteiger partial charge in [-0.2, -0.15) is 0 Å². The van der Waals surface area contributed by atoms with Crippen molar-refractivity contribution < 1.29 is 26.7 Å². The third-order valence-corrected chi connectivity index (χ3v) is 6.72. The van der Waals surface area contributed by atoms with Crippen molar-refractivity contribution in [3.8, 4) is 16.9 Å². The van der Waals surface area contributed by atoms with Gasteiger partial charge >= 0.3 is 0 Å². The maximum Gasteiger partial charge on any atom is 0.241 e. The van der Waals surface area contributed by atoms with E-state index in [1.165, 1.54) is 12.1 Å². The topological polar surface area (TPSA) is 75.7 Å². The molecule has 0 saturated carbocycles. The van der Waals surface area contributed by atoms with E-state index in [9.17, 15) is 22.0 Å². The summed E-state index contributed by atoms with van der Waals surface area (Å²) in [4.78, 5) is 14.6. The molecule has 0 aromatic heterocycles. The molecule has 0 spiro atoms. The first-order chi connectivity index (χ1) is 14.9. The van der Waals surface area contributed by atoms with Gasteiger partial charge in [-0.25, -0.2) is 21.9 Å². The average molecular weight is 451 g/mol. The molecule has 4 rings (SSSR count). The van der Waals surface area contributed by atoms with Crippen LogP contribution in [0.4, 0.5) is 8.78 Å². The number of rotatable bonds is 3. The zero-order valence-electron chi connectivity index (χ0n) is 16.9. The van der Waals surface area contributed by atoms with Gasteiger partial charge < -0.3 is 9.64 Å². The molecule has 0 radical (unpaired) electrons. The first-order valence-corrected chi connectivity index (χ1v) is 11.9. The van der Waals surface area contributed by atoms with Crippen LogP contribution >= 0.6 is 0 Å². The lowest BCUT2D eigenvalue weighted by Gasteiger charge is -2.42. The number of ether oxygens (including phenoxy) is 1. The molecule has 1 saturated heterocycles. The second-order valence-electron chi connectivity index (χ2n) is 7.89. The maximum atomic E-state index is 13.9. The summed E-state index contributed by atoms with van der Waals surface area (Å²) in [5.41, 5.74) is 2.22. The molecule has 9 heteroatoms. The summed E-state index contributed by atoms with van der Waals surface area (Å²) in [6, 6.07) is 9.18. The Morgan fingerprint density at radius 1 is 1.19 bits per heavy atom. The van der Waals surface area contributed by atoms with Crippen molar-refractivity contribution in [3.05, 3.63) is 53.8 Å². The Morgan fingerprint density at radius 3 is 2.84 bits per heavy atom. The van der Waals surface area contributed by atoms with E-state index in [0.717, 1.165) is 11.1 Å². The zero-order chi connectivity index (χ0) is 22.0. The number of benzene rings is 2. The van der Waals surface area contributed by atoms with Crippen LogP contribution in [-0.4, -0.2) is 50.5 Å². The molecule has 6 nitrogen and oxygen atoms in total. The van der Waals surface area contributed by atoms with Crippen LogP contribution in [0.3, 0.4) is 0 Å². The number of amides is 1. The molecule has 1 fully saturated rings. The summed E-state index contributed by atoms with van der Waals surface area (Å²) in [6.07, 6.45) is 1.62. The number of sulfonamides is 1. The minimum absolute atomic E-state index is 0.101. The second-order valence-corrected chi connectivity index (χ2v) is 9.57. The number of fused-ring (bicyclic) bond motifs is 5. The molecule has 2 aromatic rings. The number of halogens is 2. The molecule has 1 amide bonds. The number of alkyl halides is 1. The normalized spacial score (nSPS) is 21.9. The molecule has 0 aliphatic carbocycles. The van der Waals surface area contributed by atoms with Crippen LogP contribution in [0.25, 0.3) is 11.1 Å². The first kappa shape index (κ1) is 21.7. The lowest BCUT2D eigenvalue weighted by molar-refractivity contribution is -0.136. The van der Waals surface area contributed by atoms with E-state index in [1.54, 1.807) is 11.0 Å². The zero-order valence-corrected chi connectivity index (χ0v) is 17.7. The highest BCUT2D eigenvalue weighted by molar-refractivity contribution is 7.89. The van der Waals surface area contributed by atoms with Gasteiger partial charge in [-0.1, -0.05) is 24.3 Å². The summed E-state index contributed by atoms with van der Waals surface area (Å²) in [6.45, 7) is 0.611. The van der Waals surface area contributed by atoms with E-state index in [1.807, 2.05) is 24.3 Å². The number of piperidine rings is 1. The molecule has 2 bridgehead atoms. The van der Waals surface area contributed by atoms with E-state index in [4.69, 9.17) is 4.74 Å². The highest BCUT2D eigenvalue weighted by atomic mass is 32.2. The van der Waals surface area contributed by atoms with Gasteiger partial charge in [0.05, 0.1) is 19.1 Å². The largest absolute Gasteiger partial charge is 0.492 e. The Labute approximate surface area is 180 Å². The number of nitrogens with zero attached hydrogens (tertiary/aromatic N) is 1. The van der Waals surface area contributed by atoms with E-state index in [-0.39, 0.29) is 18.9 Å². The quantitative estimate of drug-likeness (QED) is 0.780. The minimum Gasteiger partial charge on any atom is -0.492 e. The minimum atomic E-state index is -4.07. The van der Waals surface area contributed by atoms with Crippen molar-refractivity contribution in [2.45, 2.75) is 37.8 Å². The fraction of sp³-hybridized carbons (Fsp3) is 0.409. The Balaban J connectivity index is 1.75. The summed E-state index contributed by atoms with van der Waals surface area (Å²) in [5.74, 6) is -0.0553. The predicted octanol–water partition coefficient (Wildman–Crippen LogP) is 3.02. The fourth-order valence-corrected chi connectivity index (χ4v) is 5.17. The lowest BCUT2D eigenvalue weighted by atomic mass is 9.90. The second kappa shape index (κ2) is 8.92. The smallest absolute Gasteiger partial charge is 0.241 e. The van der Waals surface area contributed by atoms with Crippen LogP contribution in [0, 0.1) is 5.82 Å². The number of hydrogen-bond donors (Lipinski definition) is 1. The van der Waals surface area contributed by atoms with E-state index in [2.05, 4.69) is 4.72 Å². The van der Waals surface area contributed by atoms with Gasteiger partial charge in [0.1, 0.15) is 11.6 Å². The third kappa shape index (κ3) is 4.88. The van der Waals surface area contributed by atoms with E-state index >= 15 is 0 Å². The Morgan fingerprint density at radius 2 is 2.03 bits per heavy atom. The van der Waals surface area contributed by atoms with Crippen molar-refractivity contribution in [2.24, 2.45) is 0 Å². The van der Waals surface area contributed by atoms with Crippen molar-refractivity contribution in [1.29, 1.82) is 0 Å². The van der Waals surface area contributed by atoms with Crippen LogP contribution in [-0.2, 0) is 21.2 Å². The molecule has 2 aliphatic rings. The monoisotopic (exact) mass is 450 g/mol. The van der Waals surface area contributed by atoms with Crippen molar-refractivity contribution >= 4 is 15.9 Å². The average Bonchev–Trinajstić information content (AvgIpc) is 2.75. The number of carbonyl (C=O) groups is 1. The molecule has 2 aliphatic heterocycles. The molecule has 2 atom stereocenters. The molecular weight excluding hydrogens is 426 g/mol. The number of nitrogens with one attached hydrogen (secondary N) is 1. The molecule has 2 aromatic carbocycles. The van der Waals surface area contributed by atoms with Gasteiger partial charge in [0, 0.05) is 18.2 Å². The van der Waals surface area contributed by atoms with E-state index < -0.39 is 33.9 Å². The van der Waals surface area contributed by atoms with Gasteiger partial charge in [-0.15, -0.1) is 0 Å². The van der Waals surface area contributed by atoms with Crippen LogP contribution in [0.5, 0.6) is 5.75 Å². The highest BCUT2D eigenvalue weighted by Crippen LogP contribution is 2.33. The van der Waals surface area contributed by atoms with Crippen LogP contribution in [0.15, 0.2) is 42.5 Å². The lowest BCUT2D eigenvalue weighted by Crippen LogP contribution is -2.58. The fourth-order valence-electron chi connectivity index (χ4n) is 4.37. The SMILES string of the molecule is O=C1CCOc2ccc(F)cc2-c2cccc(c2)C[C@H]2[C@@H](NS(=O)(=O)CF)CCCN12. The molecule has 31 heavy (non-hydrogen) atoms. The maximum absolute atomic E-state index is 13.9.